The molecule has 19 heavy (non-hydrogen) atoms. The number of pyridine rings is 1. The van der Waals surface area contributed by atoms with Crippen molar-refractivity contribution < 1.29 is 0 Å². The van der Waals surface area contributed by atoms with Crippen LogP contribution in [-0.2, 0) is 0 Å². The van der Waals surface area contributed by atoms with Gasteiger partial charge in [0, 0.05) is 17.0 Å². The molecule has 2 aromatic heterocycles. The zero-order chi connectivity index (χ0) is 13.0. The molecule has 1 aliphatic rings. The Kier molecular flexibility index (Phi) is 1.91. The third-order valence-corrected chi connectivity index (χ3v) is 3.78. The number of hydrogen-bond acceptors (Lipinski definition) is 3. The van der Waals surface area contributed by atoms with Crippen molar-refractivity contribution >= 4 is 22.1 Å². The minimum absolute atomic E-state index is 0.320. The lowest BCUT2D eigenvalue weighted by Gasteiger charge is -2.07. The summed E-state index contributed by atoms with van der Waals surface area (Å²) in [6.07, 6.45) is 2.38. The fourth-order valence-corrected chi connectivity index (χ4v) is 2.71. The minimum Gasteiger partial charge on any atom is -0.381 e. The summed E-state index contributed by atoms with van der Waals surface area (Å²) in [6, 6.07) is 12.4. The van der Waals surface area contributed by atoms with Crippen LogP contribution in [0.2, 0.25) is 0 Å². The van der Waals surface area contributed by atoms with E-state index in [1.165, 1.54) is 18.5 Å². The van der Waals surface area contributed by atoms with Gasteiger partial charge in [-0.2, -0.15) is 5.26 Å². The predicted molar refractivity (Wildman–Crippen MR) is 73.8 cm³/mol. The lowest BCUT2D eigenvalue weighted by atomic mass is 10.1. The van der Waals surface area contributed by atoms with Crippen molar-refractivity contribution in [3.05, 3.63) is 41.6 Å². The number of nitrogens with zero attached hydrogens (tertiary/aromatic N) is 3. The van der Waals surface area contributed by atoms with Crippen LogP contribution in [-0.4, -0.2) is 9.61 Å². The average molecular weight is 248 g/mol. The molecule has 4 nitrogen and oxygen atoms in total. The third-order valence-electron chi connectivity index (χ3n) is 3.78. The molecule has 2 heterocycles. The van der Waals surface area contributed by atoms with Crippen LogP contribution >= 0.6 is 0 Å². The van der Waals surface area contributed by atoms with Gasteiger partial charge in [0.2, 0.25) is 0 Å². The van der Waals surface area contributed by atoms with Crippen molar-refractivity contribution in [3.8, 4) is 6.07 Å². The number of nitrogens with two attached hydrogens (primary N) is 1. The Morgan fingerprint density at radius 1 is 1.32 bits per heavy atom. The molecule has 3 aromatic rings. The van der Waals surface area contributed by atoms with Gasteiger partial charge in [0.25, 0.3) is 0 Å². The number of hydrogen-bond donors (Lipinski definition) is 1. The highest BCUT2D eigenvalue weighted by Gasteiger charge is 2.28. The zero-order valence-corrected chi connectivity index (χ0v) is 10.3. The van der Waals surface area contributed by atoms with Crippen LogP contribution in [0.25, 0.3) is 16.3 Å². The molecular formula is C15H12N4. The number of aromatic nitrogens is 2. The summed E-state index contributed by atoms with van der Waals surface area (Å²) in [5.74, 6) is 0.874. The number of nitriles is 1. The molecular weight excluding hydrogens is 236 g/mol. The highest BCUT2D eigenvalue weighted by atomic mass is 15.3. The largest absolute Gasteiger partial charge is 0.381 e. The summed E-state index contributed by atoms with van der Waals surface area (Å²) in [5, 5.41) is 15.9. The van der Waals surface area contributed by atoms with Crippen LogP contribution in [0.5, 0.6) is 0 Å². The summed E-state index contributed by atoms with van der Waals surface area (Å²) < 4.78 is 1.87. The maximum Gasteiger partial charge on any atom is 0.164 e. The van der Waals surface area contributed by atoms with E-state index in [0.717, 1.165) is 16.3 Å². The van der Waals surface area contributed by atoms with Crippen molar-refractivity contribution in [2.75, 3.05) is 5.73 Å². The van der Waals surface area contributed by atoms with E-state index in [1.54, 1.807) is 0 Å². The van der Waals surface area contributed by atoms with Gasteiger partial charge in [-0.3, -0.25) is 0 Å². The highest BCUT2D eigenvalue weighted by Crippen LogP contribution is 2.42. The Hall–Kier alpha value is -2.54. The quantitative estimate of drug-likeness (QED) is 0.720. The number of benzene rings is 1. The molecule has 0 spiro atoms. The monoisotopic (exact) mass is 248 g/mol. The zero-order valence-electron chi connectivity index (χ0n) is 10.3. The molecule has 0 radical (unpaired) electrons. The summed E-state index contributed by atoms with van der Waals surface area (Å²) in [7, 11) is 0. The summed E-state index contributed by atoms with van der Waals surface area (Å²) >= 11 is 0. The first kappa shape index (κ1) is 10.4. The Bertz CT molecular complexity index is 850. The molecule has 0 atom stereocenters. The van der Waals surface area contributed by atoms with E-state index in [9.17, 15) is 5.26 Å². The first-order chi connectivity index (χ1) is 9.29. The van der Waals surface area contributed by atoms with Crippen LogP contribution in [0.4, 0.5) is 5.82 Å². The van der Waals surface area contributed by atoms with Gasteiger partial charge in [-0.15, -0.1) is 5.10 Å². The number of anilines is 1. The Morgan fingerprint density at radius 2 is 2.11 bits per heavy atom. The molecule has 0 bridgehead atoms. The van der Waals surface area contributed by atoms with Gasteiger partial charge in [-0.1, -0.05) is 24.3 Å². The maximum absolute atomic E-state index is 9.33. The lowest BCUT2D eigenvalue weighted by Crippen LogP contribution is -1.98. The van der Waals surface area contributed by atoms with Crippen molar-refractivity contribution in [2.24, 2.45) is 0 Å². The number of nitrogen functional groups attached to an aromatic ring is 1. The van der Waals surface area contributed by atoms with Gasteiger partial charge in [-0.05, 0) is 24.3 Å². The molecule has 1 aliphatic carbocycles. The molecule has 1 fully saturated rings. The van der Waals surface area contributed by atoms with Gasteiger partial charge >= 0.3 is 0 Å². The normalized spacial score (nSPS) is 14.9. The first-order valence-corrected chi connectivity index (χ1v) is 6.39. The van der Waals surface area contributed by atoms with Crippen LogP contribution in [0.3, 0.4) is 0 Å². The van der Waals surface area contributed by atoms with Crippen molar-refractivity contribution in [1.29, 1.82) is 5.26 Å². The highest BCUT2D eigenvalue weighted by molar-refractivity contribution is 6.00. The fraction of sp³-hybridized carbons (Fsp3) is 0.200. The van der Waals surface area contributed by atoms with Crippen molar-refractivity contribution in [2.45, 2.75) is 18.8 Å². The van der Waals surface area contributed by atoms with Gasteiger partial charge in [-0.25, -0.2) is 4.52 Å². The van der Waals surface area contributed by atoms with E-state index in [-0.39, 0.29) is 0 Å². The van der Waals surface area contributed by atoms with Crippen LogP contribution in [0.1, 0.15) is 30.0 Å². The molecule has 4 heteroatoms. The van der Waals surface area contributed by atoms with Crippen LogP contribution in [0.15, 0.2) is 30.3 Å². The van der Waals surface area contributed by atoms with Crippen LogP contribution < -0.4 is 5.73 Å². The summed E-state index contributed by atoms with van der Waals surface area (Å²) in [5.41, 5.74) is 8.39. The molecule has 2 N–H and O–H groups in total. The van der Waals surface area contributed by atoms with Crippen molar-refractivity contribution in [3.63, 3.8) is 0 Å². The molecule has 1 saturated carbocycles. The Morgan fingerprint density at radius 3 is 2.84 bits per heavy atom. The van der Waals surface area contributed by atoms with Gasteiger partial charge in [0.15, 0.2) is 5.82 Å². The lowest BCUT2D eigenvalue weighted by molar-refractivity contribution is 0.867. The molecule has 0 amide bonds. The van der Waals surface area contributed by atoms with Gasteiger partial charge < -0.3 is 5.73 Å². The number of fused-ring (bicyclic) bond motifs is 3. The molecule has 0 unspecified atom stereocenters. The van der Waals surface area contributed by atoms with Crippen LogP contribution in [0, 0.1) is 11.3 Å². The van der Waals surface area contributed by atoms with E-state index >= 15 is 0 Å². The van der Waals surface area contributed by atoms with E-state index < -0.39 is 0 Å². The second-order valence-electron chi connectivity index (χ2n) is 5.06. The Labute approximate surface area is 110 Å². The maximum atomic E-state index is 9.33. The summed E-state index contributed by atoms with van der Waals surface area (Å²) in [6.45, 7) is 0. The van der Waals surface area contributed by atoms with E-state index in [4.69, 9.17) is 5.73 Å². The smallest absolute Gasteiger partial charge is 0.164 e. The predicted octanol–water partition coefficient (Wildman–Crippen LogP) is 2.82. The molecule has 0 aliphatic heterocycles. The average Bonchev–Trinajstić information content (AvgIpc) is 3.20. The van der Waals surface area contributed by atoms with Crippen molar-refractivity contribution in [1.82, 2.24) is 9.61 Å². The fourth-order valence-electron chi connectivity index (χ4n) is 2.71. The van der Waals surface area contributed by atoms with Gasteiger partial charge in [0.1, 0.15) is 11.6 Å². The second kappa shape index (κ2) is 3.48. The van der Waals surface area contributed by atoms with E-state index in [0.29, 0.717) is 17.3 Å². The van der Waals surface area contributed by atoms with E-state index in [1.807, 2.05) is 22.7 Å². The Balaban J connectivity index is 2.26. The topological polar surface area (TPSA) is 67.1 Å². The van der Waals surface area contributed by atoms with E-state index in [2.05, 4.69) is 23.3 Å². The summed E-state index contributed by atoms with van der Waals surface area (Å²) in [4.78, 5) is 0. The number of rotatable bonds is 1. The molecule has 92 valence electrons. The molecule has 0 saturated heterocycles. The molecule has 1 aromatic carbocycles. The third kappa shape index (κ3) is 1.36. The first-order valence-electron chi connectivity index (χ1n) is 6.39. The van der Waals surface area contributed by atoms with Gasteiger partial charge in [0.05, 0.1) is 5.52 Å². The SMILES string of the molecule is N#Cc1c(N)nn2c(C3CC3)cc3ccccc3c12. The standard InChI is InChI=1S/C15H12N4/c16-8-12-14-11-4-2-1-3-10(11)7-13(9-5-6-9)19(14)18-15(12)17/h1-4,7,9H,5-6H2,(H2,17,18). The second-order valence-corrected chi connectivity index (χ2v) is 5.06. The minimum atomic E-state index is 0.320. The molecule has 4 rings (SSSR count).